The fourth-order valence-corrected chi connectivity index (χ4v) is 3.40. The van der Waals surface area contributed by atoms with E-state index in [0.717, 1.165) is 4.31 Å². The molecule has 0 radical (unpaired) electrons. The number of rotatable bonds is 5. The highest BCUT2D eigenvalue weighted by Crippen LogP contribution is 2.29. The Kier molecular flexibility index (Phi) is 4.52. The van der Waals surface area contributed by atoms with Crippen LogP contribution in [-0.2, 0) is 10.0 Å². The van der Waals surface area contributed by atoms with Crippen LogP contribution in [0, 0.1) is 17.0 Å². The van der Waals surface area contributed by atoms with E-state index in [1.807, 2.05) is 0 Å². The van der Waals surface area contributed by atoms with Crippen molar-refractivity contribution in [2.75, 3.05) is 13.7 Å². The van der Waals surface area contributed by atoms with Gasteiger partial charge in [0, 0.05) is 18.7 Å². The third-order valence-electron chi connectivity index (χ3n) is 3.33. The lowest BCUT2D eigenvalue weighted by molar-refractivity contribution is -0.385. The number of aliphatic hydroxyl groups is 1. The Balaban J connectivity index is 3.45. The SMILES string of the molecule is Cc1c([N+](=O)[O-])cccc1S(=O)(=O)N(C)C(C)(C)CO. The van der Waals surface area contributed by atoms with Crippen LogP contribution >= 0.6 is 0 Å². The van der Waals surface area contributed by atoms with Gasteiger partial charge in [-0.2, -0.15) is 4.31 Å². The molecule has 0 unspecified atom stereocenters. The van der Waals surface area contributed by atoms with Crippen molar-refractivity contribution in [2.45, 2.75) is 31.2 Å². The molecule has 8 heteroatoms. The molecule has 7 nitrogen and oxygen atoms in total. The number of nitro groups is 1. The quantitative estimate of drug-likeness (QED) is 0.652. The van der Waals surface area contributed by atoms with E-state index in [2.05, 4.69) is 0 Å². The second-order valence-electron chi connectivity index (χ2n) is 5.10. The van der Waals surface area contributed by atoms with Crippen molar-refractivity contribution >= 4 is 15.7 Å². The standard InChI is InChI=1S/C12H18N2O5S/c1-9-10(14(16)17)6-5-7-11(9)20(18,19)13(4)12(2,3)8-15/h5-7,15H,8H2,1-4H3. The van der Waals surface area contributed by atoms with Crippen molar-refractivity contribution in [2.24, 2.45) is 0 Å². The number of aliphatic hydroxyl groups excluding tert-OH is 1. The highest BCUT2D eigenvalue weighted by molar-refractivity contribution is 7.89. The minimum Gasteiger partial charge on any atom is -0.394 e. The van der Waals surface area contributed by atoms with Gasteiger partial charge in [0.25, 0.3) is 5.69 Å². The van der Waals surface area contributed by atoms with Gasteiger partial charge in [-0.3, -0.25) is 10.1 Å². The average Bonchev–Trinajstić information content (AvgIpc) is 2.37. The Morgan fingerprint density at radius 2 is 1.95 bits per heavy atom. The van der Waals surface area contributed by atoms with Crippen LogP contribution < -0.4 is 0 Å². The van der Waals surface area contributed by atoms with Crippen LogP contribution in [0.3, 0.4) is 0 Å². The van der Waals surface area contributed by atoms with E-state index in [4.69, 9.17) is 0 Å². The van der Waals surface area contributed by atoms with Crippen LogP contribution in [0.5, 0.6) is 0 Å². The van der Waals surface area contributed by atoms with E-state index in [9.17, 15) is 23.6 Å². The smallest absolute Gasteiger partial charge is 0.273 e. The molecule has 1 N–H and O–H groups in total. The average molecular weight is 302 g/mol. The summed E-state index contributed by atoms with van der Waals surface area (Å²) in [7, 11) is -2.59. The van der Waals surface area contributed by atoms with Gasteiger partial charge in [0.05, 0.1) is 22.0 Å². The topological polar surface area (TPSA) is 101 Å². The van der Waals surface area contributed by atoms with Gasteiger partial charge in [0.1, 0.15) is 0 Å². The highest BCUT2D eigenvalue weighted by Gasteiger charge is 2.35. The molecule has 0 saturated heterocycles. The molecule has 1 rings (SSSR count). The van der Waals surface area contributed by atoms with Gasteiger partial charge in [-0.1, -0.05) is 6.07 Å². The second kappa shape index (κ2) is 5.47. The number of benzene rings is 1. The summed E-state index contributed by atoms with van der Waals surface area (Å²) in [6.07, 6.45) is 0. The molecule has 0 aliphatic rings. The van der Waals surface area contributed by atoms with Gasteiger partial charge in [-0.15, -0.1) is 0 Å². The maximum absolute atomic E-state index is 12.5. The lowest BCUT2D eigenvalue weighted by Gasteiger charge is -2.33. The van der Waals surface area contributed by atoms with E-state index >= 15 is 0 Å². The summed E-state index contributed by atoms with van der Waals surface area (Å²) in [6.45, 7) is 4.16. The molecule has 0 heterocycles. The first-order valence-electron chi connectivity index (χ1n) is 5.89. The van der Waals surface area contributed by atoms with Gasteiger partial charge < -0.3 is 5.11 Å². The fraction of sp³-hybridized carbons (Fsp3) is 0.500. The van der Waals surface area contributed by atoms with Crippen molar-refractivity contribution in [1.29, 1.82) is 0 Å². The minimum absolute atomic E-state index is 0.0816. The molecule has 0 atom stereocenters. The lowest BCUT2D eigenvalue weighted by atomic mass is 10.1. The molecule has 112 valence electrons. The van der Waals surface area contributed by atoms with E-state index in [1.54, 1.807) is 13.8 Å². The first-order chi connectivity index (χ1) is 9.05. The van der Waals surface area contributed by atoms with E-state index in [0.29, 0.717) is 0 Å². The summed E-state index contributed by atoms with van der Waals surface area (Å²) in [6, 6.07) is 3.91. The van der Waals surface area contributed by atoms with Crippen molar-refractivity contribution in [3.8, 4) is 0 Å². The zero-order valence-corrected chi connectivity index (χ0v) is 12.6. The first-order valence-corrected chi connectivity index (χ1v) is 7.33. The Hall–Kier alpha value is -1.51. The lowest BCUT2D eigenvalue weighted by Crippen LogP contribution is -2.47. The number of sulfonamides is 1. The number of hydrogen-bond acceptors (Lipinski definition) is 5. The van der Waals surface area contributed by atoms with Crippen molar-refractivity contribution in [3.63, 3.8) is 0 Å². The summed E-state index contributed by atoms with van der Waals surface area (Å²) in [5, 5.41) is 20.2. The second-order valence-corrected chi connectivity index (χ2v) is 7.04. The van der Waals surface area contributed by atoms with Crippen LogP contribution in [-0.4, -0.2) is 41.9 Å². The molecular weight excluding hydrogens is 284 g/mol. The highest BCUT2D eigenvalue weighted by atomic mass is 32.2. The third kappa shape index (κ3) is 2.82. The fourth-order valence-electron chi connectivity index (χ4n) is 1.65. The van der Waals surface area contributed by atoms with Crippen molar-refractivity contribution in [1.82, 2.24) is 4.31 Å². The summed E-state index contributed by atoms with van der Waals surface area (Å²) in [4.78, 5) is 10.1. The van der Waals surface area contributed by atoms with Gasteiger partial charge in [-0.05, 0) is 26.8 Å². The number of hydrogen-bond donors (Lipinski definition) is 1. The number of nitro benzene ring substituents is 1. The minimum atomic E-state index is -3.93. The molecule has 0 aliphatic carbocycles. The molecule has 0 spiro atoms. The summed E-state index contributed by atoms with van der Waals surface area (Å²) in [5.41, 5.74) is -1.17. The van der Waals surface area contributed by atoms with Crippen LogP contribution in [0.1, 0.15) is 19.4 Å². The van der Waals surface area contributed by atoms with Crippen LogP contribution in [0.2, 0.25) is 0 Å². The van der Waals surface area contributed by atoms with Crippen molar-refractivity contribution < 1.29 is 18.4 Å². The normalized spacial score (nSPS) is 12.7. The molecule has 0 amide bonds. The van der Waals surface area contributed by atoms with Gasteiger partial charge in [0.2, 0.25) is 10.0 Å². The molecule has 0 aliphatic heterocycles. The van der Waals surface area contributed by atoms with Crippen LogP contribution in [0.15, 0.2) is 23.1 Å². The number of likely N-dealkylation sites (N-methyl/N-ethyl adjacent to an activating group) is 1. The first kappa shape index (κ1) is 16.5. The van der Waals surface area contributed by atoms with Gasteiger partial charge in [0.15, 0.2) is 0 Å². The largest absolute Gasteiger partial charge is 0.394 e. The molecule has 0 bridgehead atoms. The molecule has 20 heavy (non-hydrogen) atoms. The van der Waals surface area contributed by atoms with Gasteiger partial charge in [-0.25, -0.2) is 8.42 Å². The summed E-state index contributed by atoms with van der Waals surface area (Å²) < 4.78 is 26.1. The van der Waals surface area contributed by atoms with Crippen LogP contribution in [0.4, 0.5) is 5.69 Å². The van der Waals surface area contributed by atoms with E-state index in [-0.39, 0.29) is 22.8 Å². The van der Waals surface area contributed by atoms with E-state index < -0.39 is 20.5 Å². The Labute approximate surface area is 118 Å². The molecule has 0 saturated carbocycles. The zero-order valence-electron chi connectivity index (χ0n) is 11.8. The van der Waals surface area contributed by atoms with Gasteiger partial charge >= 0.3 is 0 Å². The molecule has 1 aromatic rings. The molecule has 0 fully saturated rings. The molecular formula is C12H18N2O5S. The summed E-state index contributed by atoms with van der Waals surface area (Å²) >= 11 is 0. The Morgan fingerprint density at radius 1 is 1.40 bits per heavy atom. The predicted molar refractivity (Wildman–Crippen MR) is 73.9 cm³/mol. The maximum atomic E-state index is 12.5. The van der Waals surface area contributed by atoms with Crippen molar-refractivity contribution in [3.05, 3.63) is 33.9 Å². The van der Waals surface area contributed by atoms with Crippen LogP contribution in [0.25, 0.3) is 0 Å². The third-order valence-corrected chi connectivity index (χ3v) is 5.54. The maximum Gasteiger partial charge on any atom is 0.273 e. The van der Waals surface area contributed by atoms with E-state index in [1.165, 1.54) is 32.2 Å². The predicted octanol–water partition coefficient (Wildman–Crippen LogP) is 1.29. The number of nitrogens with zero attached hydrogens (tertiary/aromatic N) is 2. The summed E-state index contributed by atoms with van der Waals surface area (Å²) in [5.74, 6) is 0. The zero-order chi connectivity index (χ0) is 15.7. The monoisotopic (exact) mass is 302 g/mol. The molecule has 1 aromatic carbocycles. The Morgan fingerprint density at radius 3 is 2.40 bits per heavy atom. The molecule has 0 aromatic heterocycles. The Bertz CT molecular complexity index is 625.